The molecule has 0 spiro atoms. The molecule has 0 amide bonds. The first-order valence-corrected chi connectivity index (χ1v) is 5.23. The molecule has 2 rings (SSSR count). The topological polar surface area (TPSA) is 25.2 Å². The van der Waals surface area contributed by atoms with Crippen LogP contribution < -0.4 is 5.32 Å². The maximum atomic E-state index is 12.7. The quantitative estimate of drug-likeness (QED) is 0.856. The van der Waals surface area contributed by atoms with Gasteiger partial charge in [-0.15, -0.1) is 0 Å². The molecule has 2 nitrogen and oxygen atoms in total. The van der Waals surface area contributed by atoms with Crippen LogP contribution in [0.15, 0.2) is 40.8 Å². The lowest BCUT2D eigenvalue weighted by Gasteiger charge is -2.05. The molecule has 1 heterocycles. The molecule has 0 aliphatic heterocycles. The highest BCUT2D eigenvalue weighted by molar-refractivity contribution is 5.57. The van der Waals surface area contributed by atoms with Crippen LogP contribution in [0.5, 0.6) is 0 Å². The van der Waals surface area contributed by atoms with E-state index in [1.165, 1.54) is 12.1 Å². The molecule has 0 aliphatic rings. The average molecular weight is 219 g/mol. The summed E-state index contributed by atoms with van der Waals surface area (Å²) in [6.45, 7) is 2.02. The normalized spacial score (nSPS) is 12.7. The predicted octanol–water partition coefficient (Wildman–Crippen LogP) is 3.37. The maximum absolute atomic E-state index is 12.7. The fourth-order valence-electron chi connectivity index (χ4n) is 1.50. The van der Waals surface area contributed by atoms with Crippen molar-refractivity contribution < 1.29 is 8.81 Å². The van der Waals surface area contributed by atoms with E-state index in [-0.39, 0.29) is 11.9 Å². The summed E-state index contributed by atoms with van der Waals surface area (Å²) in [5.74, 6) is 1.40. The van der Waals surface area contributed by atoms with Gasteiger partial charge in [-0.3, -0.25) is 0 Å². The third-order valence-electron chi connectivity index (χ3n) is 2.62. The van der Waals surface area contributed by atoms with Crippen molar-refractivity contribution in [1.82, 2.24) is 5.32 Å². The number of furan rings is 1. The molecule has 1 atom stereocenters. The van der Waals surface area contributed by atoms with E-state index >= 15 is 0 Å². The van der Waals surface area contributed by atoms with Gasteiger partial charge in [-0.05, 0) is 50.4 Å². The van der Waals surface area contributed by atoms with Crippen LogP contribution >= 0.6 is 0 Å². The summed E-state index contributed by atoms with van der Waals surface area (Å²) in [5, 5.41) is 3.10. The Morgan fingerprint density at radius 3 is 2.44 bits per heavy atom. The summed E-state index contributed by atoms with van der Waals surface area (Å²) in [6.07, 6.45) is 0. The largest absolute Gasteiger partial charge is 0.459 e. The fourth-order valence-corrected chi connectivity index (χ4v) is 1.50. The molecule has 1 N–H and O–H groups in total. The molecule has 0 fully saturated rings. The van der Waals surface area contributed by atoms with Crippen molar-refractivity contribution in [3.05, 3.63) is 48.0 Å². The first kappa shape index (κ1) is 10.9. The smallest absolute Gasteiger partial charge is 0.134 e. The predicted molar refractivity (Wildman–Crippen MR) is 61.6 cm³/mol. The fraction of sp³-hybridized carbons (Fsp3) is 0.231. The molecule has 0 radical (unpaired) electrons. The summed E-state index contributed by atoms with van der Waals surface area (Å²) in [5.41, 5.74) is 0.885. The second-order valence-corrected chi connectivity index (χ2v) is 3.72. The number of nitrogens with one attached hydrogen (secondary N) is 1. The van der Waals surface area contributed by atoms with Crippen LogP contribution in [0.3, 0.4) is 0 Å². The second-order valence-electron chi connectivity index (χ2n) is 3.72. The van der Waals surface area contributed by atoms with E-state index < -0.39 is 0 Å². The monoisotopic (exact) mass is 219 g/mol. The molecule has 0 bridgehead atoms. The molecular formula is C13H14FNO. The minimum absolute atomic E-state index is 0.175. The van der Waals surface area contributed by atoms with E-state index in [1.807, 2.05) is 26.1 Å². The molecule has 1 unspecified atom stereocenters. The van der Waals surface area contributed by atoms with Gasteiger partial charge in [0.25, 0.3) is 0 Å². The van der Waals surface area contributed by atoms with Crippen LogP contribution in [0.1, 0.15) is 18.7 Å². The minimum Gasteiger partial charge on any atom is -0.459 e. The zero-order valence-corrected chi connectivity index (χ0v) is 9.33. The lowest BCUT2D eigenvalue weighted by atomic mass is 10.2. The molecular weight excluding hydrogens is 205 g/mol. The Hall–Kier alpha value is -1.61. The Balaban J connectivity index is 2.28. The molecule has 3 heteroatoms. The summed E-state index contributed by atoms with van der Waals surface area (Å²) >= 11 is 0. The highest BCUT2D eigenvalue weighted by Crippen LogP contribution is 2.25. The van der Waals surface area contributed by atoms with Crippen LogP contribution in [-0.4, -0.2) is 7.05 Å². The van der Waals surface area contributed by atoms with Crippen LogP contribution in [-0.2, 0) is 0 Å². The van der Waals surface area contributed by atoms with Crippen molar-refractivity contribution >= 4 is 0 Å². The number of rotatable bonds is 3. The van der Waals surface area contributed by atoms with Crippen molar-refractivity contribution in [2.24, 2.45) is 0 Å². The van der Waals surface area contributed by atoms with E-state index in [4.69, 9.17) is 4.42 Å². The number of hydrogen-bond donors (Lipinski definition) is 1. The Morgan fingerprint density at radius 2 is 1.81 bits per heavy atom. The highest BCUT2D eigenvalue weighted by Gasteiger charge is 2.09. The van der Waals surface area contributed by atoms with Gasteiger partial charge in [0.1, 0.15) is 17.3 Å². The molecule has 0 saturated carbocycles. The van der Waals surface area contributed by atoms with E-state index in [9.17, 15) is 4.39 Å². The Kier molecular flexibility index (Phi) is 3.06. The summed E-state index contributed by atoms with van der Waals surface area (Å²) in [7, 11) is 1.88. The lowest BCUT2D eigenvalue weighted by Crippen LogP contribution is -2.10. The van der Waals surface area contributed by atoms with Crippen LogP contribution in [0.4, 0.5) is 4.39 Å². The molecule has 84 valence electrons. The van der Waals surface area contributed by atoms with E-state index in [0.717, 1.165) is 17.1 Å². The molecule has 16 heavy (non-hydrogen) atoms. The summed E-state index contributed by atoms with van der Waals surface area (Å²) in [6, 6.07) is 10.3. The van der Waals surface area contributed by atoms with Gasteiger partial charge in [-0.2, -0.15) is 0 Å². The zero-order valence-electron chi connectivity index (χ0n) is 9.33. The highest BCUT2D eigenvalue weighted by atomic mass is 19.1. The van der Waals surface area contributed by atoms with E-state index in [2.05, 4.69) is 5.32 Å². The van der Waals surface area contributed by atoms with Gasteiger partial charge in [0, 0.05) is 5.56 Å². The third kappa shape index (κ3) is 2.14. The Bertz CT molecular complexity index is 461. The standard InChI is InChI=1S/C13H14FNO/c1-9(15-2)12-7-8-13(16-12)10-3-5-11(14)6-4-10/h3-9,15H,1-2H3. The molecule has 0 saturated heterocycles. The van der Waals surface area contributed by atoms with Crippen molar-refractivity contribution in [3.8, 4) is 11.3 Å². The van der Waals surface area contributed by atoms with Crippen molar-refractivity contribution in [1.29, 1.82) is 0 Å². The van der Waals surface area contributed by atoms with Crippen LogP contribution in [0.2, 0.25) is 0 Å². The Morgan fingerprint density at radius 1 is 1.12 bits per heavy atom. The summed E-state index contributed by atoms with van der Waals surface area (Å²) < 4.78 is 18.4. The molecule has 1 aromatic carbocycles. The van der Waals surface area contributed by atoms with Crippen LogP contribution in [0.25, 0.3) is 11.3 Å². The van der Waals surface area contributed by atoms with Gasteiger partial charge < -0.3 is 9.73 Å². The SMILES string of the molecule is CNC(C)c1ccc(-c2ccc(F)cc2)o1. The Labute approximate surface area is 94.1 Å². The van der Waals surface area contributed by atoms with Crippen LogP contribution in [0, 0.1) is 5.82 Å². The van der Waals surface area contributed by atoms with E-state index in [1.54, 1.807) is 12.1 Å². The van der Waals surface area contributed by atoms with Gasteiger partial charge in [-0.25, -0.2) is 4.39 Å². The van der Waals surface area contributed by atoms with Crippen molar-refractivity contribution in [2.75, 3.05) is 7.05 Å². The summed E-state index contributed by atoms with van der Waals surface area (Å²) in [4.78, 5) is 0. The van der Waals surface area contributed by atoms with Crippen molar-refractivity contribution in [3.63, 3.8) is 0 Å². The third-order valence-corrected chi connectivity index (χ3v) is 2.62. The van der Waals surface area contributed by atoms with Gasteiger partial charge in [0.2, 0.25) is 0 Å². The van der Waals surface area contributed by atoms with Crippen molar-refractivity contribution in [2.45, 2.75) is 13.0 Å². The zero-order chi connectivity index (χ0) is 11.5. The molecule has 1 aromatic heterocycles. The first-order chi connectivity index (χ1) is 7.70. The van der Waals surface area contributed by atoms with Gasteiger partial charge in [0.05, 0.1) is 6.04 Å². The number of benzene rings is 1. The average Bonchev–Trinajstić information content (AvgIpc) is 2.78. The number of hydrogen-bond acceptors (Lipinski definition) is 2. The first-order valence-electron chi connectivity index (χ1n) is 5.23. The number of halogens is 1. The van der Waals surface area contributed by atoms with Gasteiger partial charge >= 0.3 is 0 Å². The van der Waals surface area contributed by atoms with Gasteiger partial charge in [-0.1, -0.05) is 0 Å². The minimum atomic E-state index is -0.237. The molecule has 0 aliphatic carbocycles. The second kappa shape index (κ2) is 4.49. The van der Waals surface area contributed by atoms with E-state index in [0.29, 0.717) is 0 Å². The molecule has 2 aromatic rings. The van der Waals surface area contributed by atoms with Gasteiger partial charge in [0.15, 0.2) is 0 Å². The maximum Gasteiger partial charge on any atom is 0.134 e. The lowest BCUT2D eigenvalue weighted by molar-refractivity contribution is 0.458.